The Morgan fingerprint density at radius 3 is 2.57 bits per heavy atom. The molecule has 14 atom stereocenters. The Morgan fingerprint density at radius 2 is 1.87 bits per heavy atom. The van der Waals surface area contributed by atoms with Crippen molar-refractivity contribution in [1.82, 2.24) is 20.5 Å². The second-order valence-electron chi connectivity index (χ2n) is 18.5. The van der Waals surface area contributed by atoms with Gasteiger partial charge in [0.1, 0.15) is 18.8 Å². The number of nitrogens with one attached hydrogen (secondary N) is 2. The molecule has 63 heavy (non-hydrogen) atoms. The number of aromatic nitrogens is 1. The number of thiophene rings is 1. The topological polar surface area (TPSA) is 176 Å². The minimum absolute atomic E-state index is 0.0754. The number of amides is 2. The van der Waals surface area contributed by atoms with Crippen molar-refractivity contribution in [1.29, 1.82) is 0 Å². The number of cyclic esters (lactones) is 1. The Morgan fingerprint density at radius 1 is 1.11 bits per heavy atom. The number of aliphatic hydroxyl groups is 1. The van der Waals surface area contributed by atoms with Crippen LogP contribution >= 0.6 is 11.3 Å². The van der Waals surface area contributed by atoms with Gasteiger partial charge in [0.05, 0.1) is 66.2 Å². The van der Waals surface area contributed by atoms with Gasteiger partial charge in [-0.25, -0.2) is 9.59 Å². The summed E-state index contributed by atoms with van der Waals surface area (Å²) in [6.07, 6.45) is -0.848. The number of alkyl carbamates (subject to hydrolysis) is 2. The highest BCUT2D eigenvalue weighted by Crippen LogP contribution is 2.44. The van der Waals surface area contributed by atoms with Crippen LogP contribution in [-0.2, 0) is 44.5 Å². The standard InChI is InChI=1S/C47H68N4O11S/c1-12-37-47(9)40(50-45(55)62-47)29(5)33(18-20-56-44(54)49-23-32-16-17-36(63-32)34-15-13-14-19-48-34)27(3)22-46(8)41(61-43-38(52)35(51(10)11)21-28(4)59-43)30(6)39(31(7)42(53)60-37)57-24-26(2)25-58-46/h13-19,27-31,35,37-41,43,52H,2,12,20-25H2,1,3-11H3,(H,49,54)(H,50,55)/b33-18+/t27-,28-,29+,30+,31-,35+,37-,38-,39?,40?,41-,43?,46-,47-/m1/s1. The molecule has 4 saturated heterocycles. The van der Waals surface area contributed by atoms with Crippen molar-refractivity contribution in [2.75, 3.05) is 33.9 Å². The maximum Gasteiger partial charge on any atom is 0.408 e. The fourth-order valence-corrected chi connectivity index (χ4v) is 11.0. The van der Waals surface area contributed by atoms with E-state index in [0.717, 1.165) is 21.0 Å². The molecule has 4 fully saturated rings. The number of carbonyl (C=O) groups is 3. The molecular weight excluding hydrogens is 829 g/mol. The molecule has 2 bridgehead atoms. The number of ether oxygens (including phenoxy) is 7. The molecule has 6 rings (SSSR count). The monoisotopic (exact) mass is 896 g/mol. The van der Waals surface area contributed by atoms with Crippen molar-refractivity contribution in [2.24, 2.45) is 23.7 Å². The molecule has 0 saturated carbocycles. The van der Waals surface area contributed by atoms with Crippen molar-refractivity contribution in [2.45, 2.75) is 141 Å². The number of fused-ring (bicyclic) bond motifs is 4. The number of likely N-dealkylation sites (N-methyl/N-ethyl adjacent to an activating group) is 1. The molecule has 15 nitrogen and oxygen atoms in total. The van der Waals surface area contributed by atoms with Gasteiger partial charge in [0, 0.05) is 29.0 Å². The molecule has 4 aliphatic heterocycles. The van der Waals surface area contributed by atoms with Gasteiger partial charge in [0.2, 0.25) is 0 Å². The van der Waals surface area contributed by atoms with Crippen LogP contribution in [0.1, 0.15) is 79.5 Å². The summed E-state index contributed by atoms with van der Waals surface area (Å²) in [4.78, 5) is 49.1. The van der Waals surface area contributed by atoms with Crippen LogP contribution in [-0.4, -0.2) is 127 Å². The van der Waals surface area contributed by atoms with E-state index in [-0.39, 0.29) is 44.4 Å². The van der Waals surface area contributed by atoms with Gasteiger partial charge >= 0.3 is 18.2 Å². The van der Waals surface area contributed by atoms with E-state index in [9.17, 15) is 19.5 Å². The Labute approximate surface area is 376 Å². The molecule has 16 heteroatoms. The van der Waals surface area contributed by atoms with E-state index in [1.54, 1.807) is 31.4 Å². The Hall–Kier alpha value is -3.90. The predicted octanol–water partition coefficient (Wildman–Crippen LogP) is 6.64. The molecular formula is C47H68N4O11S. The average molecular weight is 897 g/mol. The zero-order valence-corrected chi connectivity index (χ0v) is 39.3. The van der Waals surface area contributed by atoms with Crippen molar-refractivity contribution in [3.63, 3.8) is 0 Å². The van der Waals surface area contributed by atoms with E-state index >= 15 is 0 Å². The summed E-state index contributed by atoms with van der Waals surface area (Å²) in [6.45, 7) is 20.1. The largest absolute Gasteiger partial charge is 0.458 e. The van der Waals surface area contributed by atoms with Gasteiger partial charge in [0.15, 0.2) is 11.9 Å². The average Bonchev–Trinajstić information content (AvgIpc) is 3.86. The first kappa shape index (κ1) is 48.6. The first-order chi connectivity index (χ1) is 29.8. The van der Waals surface area contributed by atoms with Gasteiger partial charge in [-0.05, 0) is 103 Å². The summed E-state index contributed by atoms with van der Waals surface area (Å²) in [5.41, 5.74) is 0.0260. The highest BCUT2D eigenvalue weighted by Gasteiger charge is 2.57. The SMILES string of the molecule is C=C1COC2[C@@H](C)C(=O)O[C@H](CC)[C@@]3(C)OC(=O)NC3[C@@H](C)/C(=C/COC(=O)NCc3ccc(-c4ccccn4)s3)[C@H](C)C[C@@](C)(OC1)[C@H](OC1O[C@H](C)C[C@H](N(C)C)[C@H]1O)[C@H]2C. The van der Waals surface area contributed by atoms with Gasteiger partial charge in [-0.15, -0.1) is 11.3 Å². The molecule has 3 N–H and O–H groups in total. The molecule has 6 heterocycles. The second kappa shape index (κ2) is 20.5. The zero-order chi connectivity index (χ0) is 45.8. The third-order valence-electron chi connectivity index (χ3n) is 13.4. The Kier molecular flexibility index (Phi) is 15.8. The van der Waals surface area contributed by atoms with Crippen molar-refractivity contribution >= 4 is 29.5 Å². The normalized spacial score (nSPS) is 37.5. The molecule has 0 aliphatic carbocycles. The van der Waals surface area contributed by atoms with Crippen LogP contribution in [0.5, 0.6) is 0 Å². The summed E-state index contributed by atoms with van der Waals surface area (Å²) in [5.74, 6) is -2.53. The number of hydrogen-bond donors (Lipinski definition) is 3. The van der Waals surface area contributed by atoms with E-state index in [4.69, 9.17) is 33.2 Å². The molecule has 0 spiro atoms. The molecule has 0 radical (unpaired) electrons. The number of esters is 1. The number of rotatable bonds is 9. The molecule has 4 aliphatic rings. The third-order valence-corrected chi connectivity index (χ3v) is 14.5. The second-order valence-corrected chi connectivity index (χ2v) is 19.6. The van der Waals surface area contributed by atoms with Crippen LogP contribution in [0.3, 0.4) is 0 Å². The number of nitrogens with zero attached hydrogens (tertiary/aromatic N) is 2. The lowest BCUT2D eigenvalue weighted by Gasteiger charge is -2.49. The maximum atomic E-state index is 14.4. The Balaban J connectivity index is 1.35. The van der Waals surface area contributed by atoms with Gasteiger partial charge in [0.25, 0.3) is 0 Å². The highest BCUT2D eigenvalue weighted by molar-refractivity contribution is 7.15. The maximum absolute atomic E-state index is 14.4. The Bertz CT molecular complexity index is 1950. The highest BCUT2D eigenvalue weighted by atomic mass is 32.1. The number of pyridine rings is 1. The van der Waals surface area contributed by atoms with E-state index in [1.165, 1.54) is 0 Å². The van der Waals surface area contributed by atoms with Crippen LogP contribution in [0.15, 0.2) is 60.3 Å². The lowest BCUT2D eigenvalue weighted by atomic mass is 9.71. The molecule has 348 valence electrons. The first-order valence-corrected chi connectivity index (χ1v) is 23.0. The van der Waals surface area contributed by atoms with Crippen LogP contribution in [0.2, 0.25) is 0 Å². The smallest absolute Gasteiger partial charge is 0.408 e. The summed E-state index contributed by atoms with van der Waals surface area (Å²) in [7, 11) is 3.84. The van der Waals surface area contributed by atoms with Gasteiger partial charge in [-0.3, -0.25) is 9.78 Å². The third kappa shape index (κ3) is 11.0. The molecule has 3 unspecified atom stereocenters. The lowest BCUT2D eigenvalue weighted by molar-refractivity contribution is -0.302. The summed E-state index contributed by atoms with van der Waals surface area (Å²) < 4.78 is 45.0. The number of carbonyl (C=O) groups excluding carboxylic acids is 3. The fourth-order valence-electron chi connectivity index (χ4n) is 10.1. The van der Waals surface area contributed by atoms with Crippen molar-refractivity contribution in [3.05, 3.63) is 65.2 Å². The minimum atomic E-state index is -1.26. The number of hydrogen-bond acceptors (Lipinski definition) is 14. The van der Waals surface area contributed by atoms with E-state index in [1.807, 2.05) is 90.0 Å². The van der Waals surface area contributed by atoms with Crippen LogP contribution in [0.25, 0.3) is 10.6 Å². The molecule has 2 amide bonds. The number of aliphatic hydroxyl groups excluding tert-OH is 1. The first-order valence-electron chi connectivity index (χ1n) is 22.2. The fraction of sp³-hybridized carbons (Fsp3) is 0.660. The van der Waals surface area contributed by atoms with Crippen molar-refractivity contribution < 1.29 is 52.6 Å². The molecule has 0 aromatic carbocycles. The zero-order valence-electron chi connectivity index (χ0n) is 38.5. The van der Waals surface area contributed by atoms with Crippen LogP contribution in [0.4, 0.5) is 9.59 Å². The van der Waals surface area contributed by atoms with Crippen LogP contribution < -0.4 is 10.6 Å². The summed E-state index contributed by atoms with van der Waals surface area (Å²) in [5, 5.41) is 17.6. The van der Waals surface area contributed by atoms with Crippen LogP contribution in [0, 0.1) is 23.7 Å². The van der Waals surface area contributed by atoms with Crippen molar-refractivity contribution in [3.8, 4) is 10.6 Å². The molecule has 2 aromatic rings. The van der Waals surface area contributed by atoms with Gasteiger partial charge in [-0.1, -0.05) is 45.9 Å². The van der Waals surface area contributed by atoms with E-state index in [0.29, 0.717) is 24.8 Å². The molecule has 2 aromatic heterocycles. The predicted molar refractivity (Wildman–Crippen MR) is 238 cm³/mol. The summed E-state index contributed by atoms with van der Waals surface area (Å²) >= 11 is 1.54. The van der Waals surface area contributed by atoms with E-state index < -0.39 is 83.9 Å². The summed E-state index contributed by atoms with van der Waals surface area (Å²) in [6, 6.07) is 8.79. The minimum Gasteiger partial charge on any atom is -0.458 e. The van der Waals surface area contributed by atoms with Gasteiger partial charge < -0.3 is 53.8 Å². The van der Waals surface area contributed by atoms with Gasteiger partial charge in [-0.2, -0.15) is 0 Å². The van der Waals surface area contributed by atoms with E-state index in [2.05, 4.69) is 29.1 Å². The lowest BCUT2D eigenvalue weighted by Crippen LogP contribution is -2.60. The quantitative estimate of drug-likeness (QED) is 0.139.